The van der Waals surface area contributed by atoms with Crippen LogP contribution in [-0.2, 0) is 65.4 Å². The van der Waals surface area contributed by atoms with Crippen LogP contribution in [0.2, 0.25) is 0 Å². The number of hydrogen-bond donors (Lipinski definition) is 3. The van der Waals surface area contributed by atoms with E-state index in [4.69, 9.17) is 37.0 Å². The Hall–Kier alpha value is -1.94. The standard InChI is InChI=1S/C82H160O17P2/c1-7-9-11-13-15-17-19-27-36-42-48-54-60-66-81(86)98-77(70-92-79(84)64-58-52-46-40-32-18-16-14-12-10-8-2)72-96-100(88,89)94-68-76(83)69-95-101(90,91)97-73-78(71-93-80(85)65-59-53-47-41-35-31-26-29-34-39-45-51-57-63-75(5)6)99-82(87)67-61-55-49-43-37-30-25-23-21-20-22-24-28-33-38-44-50-56-62-74(3)4/h74-78,83H,7-73H2,1-6H3,(H,88,89)(H,90,91)/t76-,77+,78+/m0/s1. The largest absolute Gasteiger partial charge is 0.472 e. The van der Waals surface area contributed by atoms with Crippen molar-refractivity contribution in [3.05, 3.63) is 0 Å². The molecule has 3 N–H and O–H groups in total. The summed E-state index contributed by atoms with van der Waals surface area (Å²) in [5.41, 5.74) is 0. The number of carbonyl (C=O) groups excluding carboxylic acids is 4. The second-order valence-corrected chi connectivity index (χ2v) is 33.4. The molecule has 2 unspecified atom stereocenters. The van der Waals surface area contributed by atoms with Gasteiger partial charge >= 0.3 is 39.5 Å². The molecule has 0 bridgehead atoms. The lowest BCUT2D eigenvalue weighted by Gasteiger charge is -2.21. The number of esters is 4. The van der Waals surface area contributed by atoms with Gasteiger partial charge in [-0.15, -0.1) is 0 Å². The first-order valence-electron chi connectivity index (χ1n) is 42.5. The molecule has 0 radical (unpaired) electrons. The third-order valence-electron chi connectivity index (χ3n) is 19.2. The molecular formula is C82H160O17P2. The van der Waals surface area contributed by atoms with E-state index in [0.29, 0.717) is 25.7 Å². The molecule has 19 heteroatoms. The normalized spacial score (nSPS) is 13.9. The van der Waals surface area contributed by atoms with Gasteiger partial charge in [0.25, 0.3) is 0 Å². The monoisotopic (exact) mass is 1480 g/mol. The average Bonchev–Trinajstić information content (AvgIpc) is 0.979. The van der Waals surface area contributed by atoms with E-state index in [0.717, 1.165) is 102 Å². The van der Waals surface area contributed by atoms with Gasteiger partial charge in [-0.3, -0.25) is 37.3 Å². The van der Waals surface area contributed by atoms with Crippen LogP contribution in [0, 0.1) is 11.8 Å². The summed E-state index contributed by atoms with van der Waals surface area (Å²) in [4.78, 5) is 73.0. The molecule has 5 atom stereocenters. The van der Waals surface area contributed by atoms with Crippen molar-refractivity contribution in [2.75, 3.05) is 39.6 Å². The maximum Gasteiger partial charge on any atom is 0.472 e. The van der Waals surface area contributed by atoms with Crippen LogP contribution in [0.25, 0.3) is 0 Å². The molecule has 0 heterocycles. The Morgan fingerprint density at radius 3 is 0.673 bits per heavy atom. The summed E-state index contributed by atoms with van der Waals surface area (Å²) in [6.07, 6.45) is 63.7. The van der Waals surface area contributed by atoms with Crippen LogP contribution in [0.5, 0.6) is 0 Å². The molecule has 0 aliphatic carbocycles. The van der Waals surface area contributed by atoms with Crippen molar-refractivity contribution in [1.82, 2.24) is 0 Å². The number of phosphoric acid groups is 2. The number of ether oxygens (including phenoxy) is 4. The molecule has 0 spiro atoms. The average molecular weight is 1480 g/mol. The van der Waals surface area contributed by atoms with Crippen molar-refractivity contribution < 1.29 is 80.2 Å². The van der Waals surface area contributed by atoms with Crippen LogP contribution >= 0.6 is 15.6 Å². The number of aliphatic hydroxyl groups is 1. The van der Waals surface area contributed by atoms with E-state index in [9.17, 15) is 43.2 Å². The summed E-state index contributed by atoms with van der Waals surface area (Å²) in [7, 11) is -9.92. The van der Waals surface area contributed by atoms with Gasteiger partial charge in [-0.25, -0.2) is 9.13 Å². The molecule has 0 fully saturated rings. The molecule has 600 valence electrons. The van der Waals surface area contributed by atoms with Crippen LogP contribution in [0.15, 0.2) is 0 Å². The van der Waals surface area contributed by atoms with Crippen molar-refractivity contribution >= 4 is 39.5 Å². The Kier molecular flexibility index (Phi) is 72.2. The second kappa shape index (κ2) is 73.6. The van der Waals surface area contributed by atoms with Crippen molar-refractivity contribution in [3.8, 4) is 0 Å². The fourth-order valence-electron chi connectivity index (χ4n) is 12.7. The Labute approximate surface area is 619 Å². The molecule has 17 nitrogen and oxygen atoms in total. The topological polar surface area (TPSA) is 237 Å². The summed E-state index contributed by atoms with van der Waals surface area (Å²) in [6, 6.07) is 0. The minimum absolute atomic E-state index is 0.108. The van der Waals surface area contributed by atoms with Crippen LogP contribution in [-0.4, -0.2) is 96.7 Å². The lowest BCUT2D eigenvalue weighted by Crippen LogP contribution is -2.30. The lowest BCUT2D eigenvalue weighted by molar-refractivity contribution is -0.161. The van der Waals surface area contributed by atoms with E-state index < -0.39 is 97.5 Å². The van der Waals surface area contributed by atoms with Gasteiger partial charge in [0.15, 0.2) is 12.2 Å². The number of phosphoric ester groups is 2. The molecule has 0 aromatic heterocycles. The van der Waals surface area contributed by atoms with Crippen molar-refractivity contribution in [1.29, 1.82) is 0 Å². The van der Waals surface area contributed by atoms with E-state index in [-0.39, 0.29) is 25.7 Å². The minimum Gasteiger partial charge on any atom is -0.462 e. The molecule has 0 rings (SSSR count). The predicted molar refractivity (Wildman–Crippen MR) is 414 cm³/mol. The fraction of sp³-hybridized carbons (Fsp3) is 0.951. The Morgan fingerprint density at radius 1 is 0.267 bits per heavy atom. The molecule has 0 aliphatic heterocycles. The molecule has 0 aliphatic rings. The Morgan fingerprint density at radius 2 is 0.455 bits per heavy atom. The summed E-state index contributed by atoms with van der Waals surface area (Å²) in [5.74, 6) is -0.494. The van der Waals surface area contributed by atoms with Gasteiger partial charge in [0.2, 0.25) is 0 Å². The highest BCUT2D eigenvalue weighted by atomic mass is 31.2. The number of carbonyl (C=O) groups is 4. The summed E-state index contributed by atoms with van der Waals surface area (Å²) >= 11 is 0. The van der Waals surface area contributed by atoms with Crippen LogP contribution < -0.4 is 0 Å². The maximum absolute atomic E-state index is 13.1. The summed E-state index contributed by atoms with van der Waals surface area (Å²) in [5, 5.41) is 10.6. The Balaban J connectivity index is 5.23. The Bertz CT molecular complexity index is 1940. The third kappa shape index (κ3) is 76.1. The van der Waals surface area contributed by atoms with Gasteiger partial charge in [-0.2, -0.15) is 0 Å². The quantitative estimate of drug-likeness (QED) is 0.0222. The number of unbranched alkanes of at least 4 members (excludes halogenated alkanes) is 51. The molecule has 101 heavy (non-hydrogen) atoms. The van der Waals surface area contributed by atoms with E-state index in [1.54, 1.807) is 0 Å². The molecule has 0 amide bonds. The fourth-order valence-corrected chi connectivity index (χ4v) is 14.3. The SMILES string of the molecule is CCCCCCCCCCCCCCCC(=O)O[C@H](COC(=O)CCCCCCCCCCCCC)COP(=O)(O)OC[C@H](O)COP(=O)(O)OC[C@@H](COC(=O)CCCCCCCCCCCCCCCC(C)C)OC(=O)CCCCCCCCCCCCCCCCCCCCC(C)C. The van der Waals surface area contributed by atoms with Gasteiger partial charge in [0.05, 0.1) is 26.4 Å². The first-order valence-corrected chi connectivity index (χ1v) is 45.5. The molecule has 0 saturated carbocycles. The maximum atomic E-state index is 13.1. The first kappa shape index (κ1) is 99.1. The van der Waals surface area contributed by atoms with Gasteiger partial charge in [0.1, 0.15) is 19.3 Å². The van der Waals surface area contributed by atoms with Gasteiger partial charge in [-0.1, -0.05) is 382 Å². The van der Waals surface area contributed by atoms with Crippen LogP contribution in [0.3, 0.4) is 0 Å². The molecule has 0 aromatic carbocycles. The van der Waals surface area contributed by atoms with Gasteiger partial charge in [-0.05, 0) is 37.5 Å². The zero-order chi connectivity index (χ0) is 74.2. The van der Waals surface area contributed by atoms with E-state index >= 15 is 0 Å². The second-order valence-electron chi connectivity index (χ2n) is 30.5. The summed E-state index contributed by atoms with van der Waals surface area (Å²) in [6.45, 7) is 9.70. The zero-order valence-electron chi connectivity index (χ0n) is 66.2. The van der Waals surface area contributed by atoms with Crippen molar-refractivity contribution in [2.24, 2.45) is 11.8 Å². The highest BCUT2D eigenvalue weighted by Gasteiger charge is 2.30. The number of aliphatic hydroxyl groups excluding tert-OH is 1. The van der Waals surface area contributed by atoms with Crippen LogP contribution in [0.4, 0.5) is 0 Å². The first-order chi connectivity index (χ1) is 48.9. The molecule has 0 saturated heterocycles. The minimum atomic E-state index is -4.96. The number of rotatable bonds is 81. The van der Waals surface area contributed by atoms with Crippen molar-refractivity contribution in [3.63, 3.8) is 0 Å². The summed E-state index contributed by atoms with van der Waals surface area (Å²) < 4.78 is 68.7. The predicted octanol–water partition coefficient (Wildman–Crippen LogP) is 24.7. The van der Waals surface area contributed by atoms with Crippen LogP contribution in [0.1, 0.15) is 433 Å². The van der Waals surface area contributed by atoms with E-state index in [1.807, 2.05) is 0 Å². The zero-order valence-corrected chi connectivity index (χ0v) is 68.0. The smallest absolute Gasteiger partial charge is 0.462 e. The lowest BCUT2D eigenvalue weighted by atomic mass is 10.0. The van der Waals surface area contributed by atoms with Crippen molar-refractivity contribution in [2.45, 2.75) is 452 Å². The molecule has 0 aromatic rings. The van der Waals surface area contributed by atoms with Gasteiger partial charge < -0.3 is 33.8 Å². The third-order valence-corrected chi connectivity index (χ3v) is 21.1. The van der Waals surface area contributed by atoms with Gasteiger partial charge in [0, 0.05) is 25.7 Å². The number of hydrogen-bond acceptors (Lipinski definition) is 15. The highest BCUT2D eigenvalue weighted by Crippen LogP contribution is 2.45. The molecular weight excluding hydrogens is 1320 g/mol. The van der Waals surface area contributed by atoms with E-state index in [2.05, 4.69) is 41.5 Å². The highest BCUT2D eigenvalue weighted by molar-refractivity contribution is 7.47. The van der Waals surface area contributed by atoms with E-state index in [1.165, 1.54) is 250 Å².